The fourth-order valence-corrected chi connectivity index (χ4v) is 4.02. The number of carbonyl (C=O) groups excluding carboxylic acids is 2. The largest absolute Gasteiger partial charge is 0.378 e. The molecule has 0 spiro atoms. The van der Waals surface area contributed by atoms with Crippen molar-refractivity contribution in [3.05, 3.63) is 59.1 Å². The van der Waals surface area contributed by atoms with Crippen LogP contribution in [-0.2, 0) is 20.9 Å². The molecule has 2 aromatic carbocycles. The second kappa shape index (κ2) is 8.84. The summed E-state index contributed by atoms with van der Waals surface area (Å²) < 4.78 is 5.42. The van der Waals surface area contributed by atoms with Gasteiger partial charge in [-0.15, -0.1) is 0 Å². The minimum absolute atomic E-state index is 0.0217. The maximum Gasteiger partial charge on any atom is 0.229 e. The lowest BCUT2D eigenvalue weighted by molar-refractivity contribution is -0.128. The molecule has 2 saturated heterocycles. The first kappa shape index (κ1) is 19.7. The number of carbonyl (C=O) groups is 2. The molecule has 2 heterocycles. The molecular formula is C22H24ClN3O3. The van der Waals surface area contributed by atoms with Crippen molar-refractivity contribution in [2.75, 3.05) is 43.1 Å². The van der Waals surface area contributed by atoms with Crippen LogP contribution in [0.5, 0.6) is 0 Å². The minimum atomic E-state index is -0.372. The first-order valence-corrected chi connectivity index (χ1v) is 10.2. The first-order valence-electron chi connectivity index (χ1n) is 9.85. The standard InChI is InChI=1S/C22H24ClN3O3/c23-18-6-2-1-5-16(18)14-26-15-17(13-21(26)27)22(28)24-19-7-3-4-8-20(19)25-9-11-29-12-10-25/h1-8,17H,9-15H2,(H,24,28)/t17-/m1/s1. The third kappa shape index (κ3) is 4.54. The van der Waals surface area contributed by atoms with Crippen LogP contribution in [0.4, 0.5) is 11.4 Å². The van der Waals surface area contributed by atoms with Gasteiger partial charge in [-0.3, -0.25) is 9.59 Å². The quantitative estimate of drug-likeness (QED) is 0.817. The van der Waals surface area contributed by atoms with E-state index in [0.717, 1.165) is 30.0 Å². The zero-order valence-corrected chi connectivity index (χ0v) is 16.9. The average molecular weight is 414 g/mol. The van der Waals surface area contributed by atoms with Crippen LogP contribution < -0.4 is 10.2 Å². The van der Waals surface area contributed by atoms with E-state index >= 15 is 0 Å². The van der Waals surface area contributed by atoms with E-state index in [9.17, 15) is 9.59 Å². The number of hydrogen-bond donors (Lipinski definition) is 1. The second-order valence-corrected chi connectivity index (χ2v) is 7.78. The van der Waals surface area contributed by atoms with Crippen LogP contribution in [0.15, 0.2) is 48.5 Å². The van der Waals surface area contributed by atoms with E-state index in [0.29, 0.717) is 31.3 Å². The third-order valence-corrected chi connectivity index (χ3v) is 5.79. The van der Waals surface area contributed by atoms with Gasteiger partial charge in [0.2, 0.25) is 11.8 Å². The lowest BCUT2D eigenvalue weighted by Gasteiger charge is -2.30. The summed E-state index contributed by atoms with van der Waals surface area (Å²) in [6, 6.07) is 15.2. The number of rotatable bonds is 5. The molecule has 1 atom stereocenters. The van der Waals surface area contributed by atoms with Crippen molar-refractivity contribution >= 4 is 34.8 Å². The van der Waals surface area contributed by atoms with Gasteiger partial charge in [-0.05, 0) is 23.8 Å². The summed E-state index contributed by atoms with van der Waals surface area (Å²) >= 11 is 6.22. The lowest BCUT2D eigenvalue weighted by atomic mass is 10.1. The Hall–Kier alpha value is -2.57. The molecule has 2 fully saturated rings. The number of nitrogens with zero attached hydrogens (tertiary/aromatic N) is 2. The van der Waals surface area contributed by atoms with Crippen LogP contribution in [0.3, 0.4) is 0 Å². The molecule has 6 nitrogen and oxygen atoms in total. The molecule has 0 radical (unpaired) electrons. The molecule has 4 rings (SSSR count). The maximum atomic E-state index is 12.9. The number of amides is 2. The first-order chi connectivity index (χ1) is 14.1. The molecule has 0 aliphatic carbocycles. The Balaban J connectivity index is 1.42. The van der Waals surface area contributed by atoms with E-state index < -0.39 is 0 Å². The van der Waals surface area contributed by atoms with Crippen molar-refractivity contribution in [3.8, 4) is 0 Å². The van der Waals surface area contributed by atoms with Gasteiger partial charge in [-0.2, -0.15) is 0 Å². The molecule has 152 valence electrons. The second-order valence-electron chi connectivity index (χ2n) is 7.37. The van der Waals surface area contributed by atoms with Gasteiger partial charge in [0, 0.05) is 37.6 Å². The lowest BCUT2D eigenvalue weighted by Crippen LogP contribution is -2.37. The Kier molecular flexibility index (Phi) is 6.02. The normalized spacial score (nSPS) is 19.5. The van der Waals surface area contributed by atoms with Crippen LogP contribution in [0, 0.1) is 5.92 Å². The SMILES string of the molecule is O=C(Nc1ccccc1N1CCOCC1)[C@@H]1CC(=O)N(Cc2ccccc2Cl)C1. The maximum absolute atomic E-state index is 12.9. The van der Waals surface area contributed by atoms with E-state index in [1.165, 1.54) is 0 Å². The van der Waals surface area contributed by atoms with Crippen molar-refractivity contribution in [1.29, 1.82) is 0 Å². The summed E-state index contributed by atoms with van der Waals surface area (Å²) in [7, 11) is 0. The highest BCUT2D eigenvalue weighted by molar-refractivity contribution is 6.31. The smallest absolute Gasteiger partial charge is 0.229 e. The van der Waals surface area contributed by atoms with Crippen LogP contribution in [0.1, 0.15) is 12.0 Å². The number of nitrogens with one attached hydrogen (secondary N) is 1. The minimum Gasteiger partial charge on any atom is -0.378 e. The van der Waals surface area contributed by atoms with Gasteiger partial charge in [0.05, 0.1) is 30.5 Å². The summed E-state index contributed by atoms with van der Waals surface area (Å²) in [5, 5.41) is 3.67. The van der Waals surface area contributed by atoms with E-state index in [4.69, 9.17) is 16.3 Å². The molecule has 7 heteroatoms. The molecule has 2 aromatic rings. The van der Waals surface area contributed by atoms with Crippen molar-refractivity contribution in [1.82, 2.24) is 4.90 Å². The van der Waals surface area contributed by atoms with Crippen molar-refractivity contribution in [2.24, 2.45) is 5.92 Å². The molecule has 2 aliphatic rings. The average Bonchev–Trinajstić information content (AvgIpc) is 3.11. The van der Waals surface area contributed by atoms with Gasteiger partial charge in [0.25, 0.3) is 0 Å². The van der Waals surface area contributed by atoms with Gasteiger partial charge in [0.15, 0.2) is 0 Å². The topological polar surface area (TPSA) is 61.9 Å². The summed E-state index contributed by atoms with van der Waals surface area (Å²) in [5.41, 5.74) is 2.65. The molecule has 0 saturated carbocycles. The van der Waals surface area contributed by atoms with Crippen molar-refractivity contribution in [3.63, 3.8) is 0 Å². The number of anilines is 2. The number of benzene rings is 2. The van der Waals surface area contributed by atoms with Crippen LogP contribution in [0.25, 0.3) is 0 Å². The molecule has 0 aromatic heterocycles. The van der Waals surface area contributed by atoms with Crippen molar-refractivity contribution in [2.45, 2.75) is 13.0 Å². The van der Waals surface area contributed by atoms with E-state index in [1.54, 1.807) is 4.90 Å². The van der Waals surface area contributed by atoms with E-state index in [1.807, 2.05) is 48.5 Å². The molecule has 2 amide bonds. The summed E-state index contributed by atoms with van der Waals surface area (Å²) in [5.74, 6) is -0.519. The molecule has 0 bridgehead atoms. The van der Waals surface area contributed by atoms with Gasteiger partial charge in [-0.1, -0.05) is 41.9 Å². The number of hydrogen-bond acceptors (Lipinski definition) is 4. The predicted molar refractivity (Wildman–Crippen MR) is 113 cm³/mol. The molecule has 0 unspecified atom stereocenters. The Labute approximate surface area is 175 Å². The number of likely N-dealkylation sites (tertiary alicyclic amines) is 1. The van der Waals surface area contributed by atoms with Crippen LogP contribution in [0.2, 0.25) is 5.02 Å². The highest BCUT2D eigenvalue weighted by Gasteiger charge is 2.34. The van der Waals surface area contributed by atoms with Crippen LogP contribution in [-0.4, -0.2) is 49.6 Å². The Morgan fingerprint density at radius 2 is 1.83 bits per heavy atom. The fourth-order valence-electron chi connectivity index (χ4n) is 3.83. The number of ether oxygens (including phenoxy) is 1. The number of morpholine rings is 1. The van der Waals surface area contributed by atoms with Gasteiger partial charge in [-0.25, -0.2) is 0 Å². The van der Waals surface area contributed by atoms with Crippen LogP contribution >= 0.6 is 11.6 Å². The fraction of sp³-hybridized carbons (Fsp3) is 0.364. The summed E-state index contributed by atoms with van der Waals surface area (Å²) in [4.78, 5) is 29.3. The Bertz CT molecular complexity index is 898. The van der Waals surface area contributed by atoms with E-state index in [-0.39, 0.29) is 24.2 Å². The molecule has 2 aliphatic heterocycles. The highest BCUT2D eigenvalue weighted by atomic mass is 35.5. The van der Waals surface area contributed by atoms with Gasteiger partial charge >= 0.3 is 0 Å². The summed E-state index contributed by atoms with van der Waals surface area (Å²) in [6.07, 6.45) is 0.218. The molecule has 29 heavy (non-hydrogen) atoms. The summed E-state index contributed by atoms with van der Waals surface area (Å²) in [6.45, 7) is 3.76. The van der Waals surface area contributed by atoms with E-state index in [2.05, 4.69) is 10.2 Å². The Morgan fingerprint density at radius 1 is 1.10 bits per heavy atom. The monoisotopic (exact) mass is 413 g/mol. The Morgan fingerprint density at radius 3 is 2.62 bits per heavy atom. The molecular weight excluding hydrogens is 390 g/mol. The number of para-hydroxylation sites is 2. The highest BCUT2D eigenvalue weighted by Crippen LogP contribution is 2.29. The predicted octanol–water partition coefficient (Wildman–Crippen LogP) is 3.16. The number of halogens is 1. The van der Waals surface area contributed by atoms with Gasteiger partial charge < -0.3 is 19.9 Å². The zero-order valence-electron chi connectivity index (χ0n) is 16.1. The zero-order chi connectivity index (χ0) is 20.2. The van der Waals surface area contributed by atoms with Crippen molar-refractivity contribution < 1.29 is 14.3 Å². The molecule has 1 N–H and O–H groups in total. The third-order valence-electron chi connectivity index (χ3n) is 5.42. The van der Waals surface area contributed by atoms with Gasteiger partial charge in [0.1, 0.15) is 0 Å².